The quantitative estimate of drug-likeness (QED) is 0.799. The smallest absolute Gasteiger partial charge is 0.243 e. The summed E-state index contributed by atoms with van der Waals surface area (Å²) in [5.41, 5.74) is 1.99. The second-order valence-electron chi connectivity index (χ2n) is 3.95. The first kappa shape index (κ1) is 11.5. The van der Waals surface area contributed by atoms with Gasteiger partial charge in [0.15, 0.2) is 5.65 Å². The van der Waals surface area contributed by atoms with Crippen LogP contribution in [0.4, 0.5) is 5.95 Å². The molecule has 0 bridgehead atoms. The highest BCUT2D eigenvalue weighted by Crippen LogP contribution is 2.22. The van der Waals surface area contributed by atoms with E-state index in [9.17, 15) is 0 Å². The Bertz CT molecular complexity index is 688. The minimum atomic E-state index is 0.633. The van der Waals surface area contributed by atoms with Crippen LogP contribution in [0.3, 0.4) is 0 Å². The Kier molecular flexibility index (Phi) is 2.93. The summed E-state index contributed by atoms with van der Waals surface area (Å²) in [4.78, 5) is 5.61. The fourth-order valence-electron chi connectivity index (χ4n) is 1.73. The van der Waals surface area contributed by atoms with Crippen molar-refractivity contribution < 1.29 is 0 Å². The summed E-state index contributed by atoms with van der Waals surface area (Å²) in [6.45, 7) is 2.71. The molecule has 3 aromatic heterocycles. The van der Waals surface area contributed by atoms with Gasteiger partial charge in [0, 0.05) is 11.1 Å². The van der Waals surface area contributed by atoms with Gasteiger partial charge in [-0.15, -0.1) is 16.4 Å². The molecule has 1 N–H and O–H groups in total. The van der Waals surface area contributed by atoms with E-state index in [0.29, 0.717) is 12.5 Å². The van der Waals surface area contributed by atoms with Crippen LogP contribution in [0.1, 0.15) is 10.4 Å². The number of anilines is 1. The van der Waals surface area contributed by atoms with Crippen molar-refractivity contribution in [3.63, 3.8) is 0 Å². The van der Waals surface area contributed by atoms with E-state index in [1.54, 1.807) is 15.9 Å². The standard InChI is InChI=1S/C12H11ClN4S/c1-8-3-2-6-17-11(8)15-12(16-17)14-7-9-4-5-10(13)18-9/h2-6H,7H2,1H3,(H,14,16). The lowest BCUT2D eigenvalue weighted by atomic mass is 10.3. The lowest BCUT2D eigenvalue weighted by molar-refractivity contribution is 0.948. The third-order valence-corrected chi connectivity index (χ3v) is 3.84. The molecule has 3 aromatic rings. The van der Waals surface area contributed by atoms with E-state index in [1.807, 2.05) is 37.4 Å². The van der Waals surface area contributed by atoms with E-state index in [-0.39, 0.29) is 0 Å². The van der Waals surface area contributed by atoms with Gasteiger partial charge in [-0.1, -0.05) is 17.7 Å². The fraction of sp³-hybridized carbons (Fsp3) is 0.167. The average Bonchev–Trinajstić information content (AvgIpc) is 2.93. The minimum Gasteiger partial charge on any atom is -0.348 e. The monoisotopic (exact) mass is 278 g/mol. The van der Waals surface area contributed by atoms with Crippen LogP contribution in [0, 0.1) is 6.92 Å². The number of aryl methyl sites for hydroxylation is 1. The molecular weight excluding hydrogens is 268 g/mol. The highest BCUT2D eigenvalue weighted by Gasteiger charge is 2.05. The second-order valence-corrected chi connectivity index (χ2v) is 5.75. The number of hydrogen-bond donors (Lipinski definition) is 1. The van der Waals surface area contributed by atoms with Crippen LogP contribution in [-0.4, -0.2) is 14.6 Å². The predicted octanol–water partition coefficient (Wildman–Crippen LogP) is 3.36. The van der Waals surface area contributed by atoms with Crippen molar-refractivity contribution in [3.05, 3.63) is 45.2 Å². The molecule has 0 saturated heterocycles. The van der Waals surface area contributed by atoms with Gasteiger partial charge in [-0.25, -0.2) is 4.52 Å². The zero-order chi connectivity index (χ0) is 12.5. The van der Waals surface area contributed by atoms with E-state index in [0.717, 1.165) is 20.4 Å². The fourth-order valence-corrected chi connectivity index (χ4v) is 2.75. The van der Waals surface area contributed by atoms with Gasteiger partial charge in [0.05, 0.1) is 10.9 Å². The number of nitrogens with zero attached hydrogens (tertiary/aromatic N) is 3. The molecule has 0 saturated carbocycles. The molecular formula is C12H11ClN4S. The first-order valence-corrected chi connectivity index (χ1v) is 6.72. The van der Waals surface area contributed by atoms with Gasteiger partial charge in [-0.05, 0) is 30.7 Å². The van der Waals surface area contributed by atoms with Crippen molar-refractivity contribution in [2.24, 2.45) is 0 Å². The number of rotatable bonds is 3. The van der Waals surface area contributed by atoms with Crippen molar-refractivity contribution >= 4 is 34.5 Å². The highest BCUT2D eigenvalue weighted by atomic mass is 35.5. The van der Waals surface area contributed by atoms with Crippen LogP contribution in [-0.2, 0) is 6.54 Å². The Morgan fingerprint density at radius 3 is 3.00 bits per heavy atom. The first-order valence-electron chi connectivity index (χ1n) is 5.52. The summed E-state index contributed by atoms with van der Waals surface area (Å²) in [6.07, 6.45) is 1.89. The summed E-state index contributed by atoms with van der Waals surface area (Å²) in [5, 5.41) is 7.56. The maximum Gasteiger partial charge on any atom is 0.243 e. The molecule has 0 aliphatic carbocycles. The maximum absolute atomic E-state index is 5.88. The Balaban J connectivity index is 1.81. The number of aromatic nitrogens is 3. The molecule has 6 heteroatoms. The van der Waals surface area contributed by atoms with Crippen molar-refractivity contribution in [1.29, 1.82) is 0 Å². The topological polar surface area (TPSA) is 42.2 Å². The number of pyridine rings is 1. The average molecular weight is 279 g/mol. The second kappa shape index (κ2) is 4.59. The largest absolute Gasteiger partial charge is 0.348 e. The molecule has 92 valence electrons. The van der Waals surface area contributed by atoms with Crippen LogP contribution in [0.15, 0.2) is 30.5 Å². The van der Waals surface area contributed by atoms with E-state index in [1.165, 1.54) is 0 Å². The molecule has 18 heavy (non-hydrogen) atoms. The molecule has 0 atom stereocenters. The van der Waals surface area contributed by atoms with Crippen molar-refractivity contribution in [1.82, 2.24) is 14.6 Å². The molecule has 0 radical (unpaired) electrons. The third-order valence-electron chi connectivity index (χ3n) is 2.61. The van der Waals surface area contributed by atoms with Crippen molar-refractivity contribution in [3.8, 4) is 0 Å². The number of nitrogens with one attached hydrogen (secondary N) is 1. The van der Waals surface area contributed by atoms with Crippen LogP contribution in [0.5, 0.6) is 0 Å². The molecule has 0 aliphatic heterocycles. The van der Waals surface area contributed by atoms with Crippen LogP contribution in [0.2, 0.25) is 4.34 Å². The summed E-state index contributed by atoms with van der Waals surface area (Å²) in [7, 11) is 0. The molecule has 0 spiro atoms. The number of hydrogen-bond acceptors (Lipinski definition) is 4. The van der Waals surface area contributed by atoms with E-state index in [4.69, 9.17) is 11.6 Å². The molecule has 0 unspecified atom stereocenters. The van der Waals surface area contributed by atoms with Gasteiger partial charge in [-0.2, -0.15) is 4.98 Å². The van der Waals surface area contributed by atoms with Gasteiger partial charge in [0.2, 0.25) is 5.95 Å². The predicted molar refractivity (Wildman–Crippen MR) is 74.4 cm³/mol. The molecule has 0 aliphatic rings. The zero-order valence-corrected chi connectivity index (χ0v) is 11.3. The molecule has 3 heterocycles. The molecule has 0 aromatic carbocycles. The lowest BCUT2D eigenvalue weighted by Crippen LogP contribution is -1.99. The summed E-state index contributed by atoms with van der Waals surface area (Å²) >= 11 is 7.44. The molecule has 0 amide bonds. The number of halogens is 1. The van der Waals surface area contributed by atoms with Gasteiger partial charge >= 0.3 is 0 Å². The minimum absolute atomic E-state index is 0.633. The summed E-state index contributed by atoms with van der Waals surface area (Å²) in [5.74, 6) is 0.633. The Morgan fingerprint density at radius 1 is 1.39 bits per heavy atom. The van der Waals surface area contributed by atoms with Crippen LogP contribution in [0.25, 0.3) is 5.65 Å². The number of fused-ring (bicyclic) bond motifs is 1. The Morgan fingerprint density at radius 2 is 2.28 bits per heavy atom. The lowest BCUT2D eigenvalue weighted by Gasteiger charge is -1.96. The van der Waals surface area contributed by atoms with Crippen LogP contribution >= 0.6 is 22.9 Å². The Hall–Kier alpha value is -1.59. The normalized spacial score (nSPS) is 11.0. The zero-order valence-electron chi connectivity index (χ0n) is 9.72. The Labute approximate surface area is 113 Å². The van der Waals surface area contributed by atoms with Crippen molar-refractivity contribution in [2.75, 3.05) is 5.32 Å². The van der Waals surface area contributed by atoms with Crippen LogP contribution < -0.4 is 5.32 Å². The van der Waals surface area contributed by atoms with E-state index >= 15 is 0 Å². The van der Waals surface area contributed by atoms with E-state index in [2.05, 4.69) is 15.4 Å². The third kappa shape index (κ3) is 2.19. The van der Waals surface area contributed by atoms with Gasteiger partial charge in [0.25, 0.3) is 0 Å². The van der Waals surface area contributed by atoms with Crippen molar-refractivity contribution in [2.45, 2.75) is 13.5 Å². The summed E-state index contributed by atoms with van der Waals surface area (Å²) in [6, 6.07) is 7.87. The molecule has 3 rings (SSSR count). The van der Waals surface area contributed by atoms with Gasteiger partial charge in [0.1, 0.15) is 0 Å². The summed E-state index contributed by atoms with van der Waals surface area (Å²) < 4.78 is 2.57. The number of thiophene rings is 1. The molecule has 0 fully saturated rings. The van der Waals surface area contributed by atoms with E-state index < -0.39 is 0 Å². The van der Waals surface area contributed by atoms with Gasteiger partial charge in [-0.3, -0.25) is 0 Å². The molecule has 4 nitrogen and oxygen atoms in total. The SMILES string of the molecule is Cc1cccn2nc(NCc3ccc(Cl)s3)nc12. The van der Waals surface area contributed by atoms with Gasteiger partial charge < -0.3 is 5.32 Å². The maximum atomic E-state index is 5.88. The first-order chi connectivity index (χ1) is 8.72. The highest BCUT2D eigenvalue weighted by molar-refractivity contribution is 7.16.